The van der Waals surface area contributed by atoms with E-state index < -0.39 is 0 Å². The van der Waals surface area contributed by atoms with E-state index in [4.69, 9.17) is 15.4 Å². The van der Waals surface area contributed by atoms with E-state index in [2.05, 4.69) is 22.4 Å². The summed E-state index contributed by atoms with van der Waals surface area (Å²) in [5.74, 6) is 1.01. The number of hydrogen-bond donors (Lipinski definition) is 3. The van der Waals surface area contributed by atoms with Crippen molar-refractivity contribution in [3.05, 3.63) is 53.7 Å². The number of nitrogens with zero attached hydrogens (tertiary/aromatic N) is 2. The molecule has 4 N–H and O–H groups in total. The summed E-state index contributed by atoms with van der Waals surface area (Å²) in [5, 5.41) is 15.2. The summed E-state index contributed by atoms with van der Waals surface area (Å²) in [5.41, 5.74) is 7.03. The molecule has 0 aliphatic rings. The lowest BCUT2D eigenvalue weighted by molar-refractivity contribution is 0.318. The van der Waals surface area contributed by atoms with Gasteiger partial charge < -0.3 is 20.7 Å². The van der Waals surface area contributed by atoms with E-state index in [1.807, 2.05) is 24.3 Å². The highest BCUT2D eigenvalue weighted by Crippen LogP contribution is 2.08. The minimum absolute atomic E-state index is 0.0237. The first-order valence-corrected chi connectivity index (χ1v) is 6.88. The topological polar surface area (TPSA) is 96.7 Å². The van der Waals surface area contributed by atoms with Crippen LogP contribution in [0.3, 0.4) is 0 Å². The minimum Gasteiger partial charge on any atom is -0.469 e. The van der Waals surface area contributed by atoms with E-state index in [1.54, 1.807) is 12.5 Å². The molecule has 0 radical (unpaired) electrons. The van der Waals surface area contributed by atoms with Crippen molar-refractivity contribution in [3.63, 3.8) is 0 Å². The number of nitrogens with two attached hydrogens (primary N) is 1. The van der Waals surface area contributed by atoms with Crippen LogP contribution >= 0.6 is 0 Å². The molecule has 0 saturated carbocycles. The average Bonchev–Trinajstić information content (AvgIpc) is 3.04. The number of hydrogen-bond acceptors (Lipinski definition) is 5. The average molecular weight is 288 g/mol. The third-order valence-electron chi connectivity index (χ3n) is 3.29. The lowest BCUT2D eigenvalue weighted by Crippen LogP contribution is -2.28. The quantitative estimate of drug-likeness (QED) is 0.313. The molecule has 2 aromatic rings. The van der Waals surface area contributed by atoms with Gasteiger partial charge in [0.2, 0.25) is 0 Å². The van der Waals surface area contributed by atoms with Crippen molar-refractivity contribution in [2.24, 2.45) is 10.9 Å². The molecule has 112 valence electrons. The predicted molar refractivity (Wildman–Crippen MR) is 80.1 cm³/mol. The molecule has 21 heavy (non-hydrogen) atoms. The van der Waals surface area contributed by atoms with Crippen molar-refractivity contribution in [1.29, 1.82) is 0 Å². The van der Waals surface area contributed by atoms with Crippen molar-refractivity contribution in [2.45, 2.75) is 32.4 Å². The molecule has 0 saturated heterocycles. The van der Waals surface area contributed by atoms with Crippen LogP contribution in [0.2, 0.25) is 0 Å². The molecule has 2 heterocycles. The SMILES string of the molecule is CC(CCc1ccco1)NCc1cccnc1C(N)=NO. The number of amidine groups is 1. The van der Waals surface area contributed by atoms with Crippen LogP contribution in [0.1, 0.15) is 30.4 Å². The number of furan rings is 1. The number of nitrogens with one attached hydrogen (secondary N) is 1. The van der Waals surface area contributed by atoms with E-state index in [9.17, 15) is 0 Å². The maximum Gasteiger partial charge on any atom is 0.189 e. The van der Waals surface area contributed by atoms with Gasteiger partial charge >= 0.3 is 0 Å². The number of rotatable bonds is 7. The number of aromatic nitrogens is 1. The summed E-state index contributed by atoms with van der Waals surface area (Å²) in [7, 11) is 0. The fraction of sp³-hybridized carbons (Fsp3) is 0.333. The van der Waals surface area contributed by atoms with Crippen LogP contribution in [0.4, 0.5) is 0 Å². The monoisotopic (exact) mass is 288 g/mol. The molecule has 0 aromatic carbocycles. The lowest BCUT2D eigenvalue weighted by Gasteiger charge is -2.14. The Hall–Kier alpha value is -2.34. The molecule has 0 amide bonds. The Morgan fingerprint density at radius 2 is 2.33 bits per heavy atom. The standard InChI is InChI=1S/C15H20N4O2/c1-11(6-7-13-5-3-9-21-13)18-10-12-4-2-8-17-14(12)15(16)19-20/h2-5,8-9,11,18,20H,6-7,10H2,1H3,(H2,16,19). The highest BCUT2D eigenvalue weighted by molar-refractivity contribution is 5.96. The van der Waals surface area contributed by atoms with Crippen LogP contribution < -0.4 is 11.1 Å². The summed E-state index contributed by atoms with van der Waals surface area (Å²) < 4.78 is 5.31. The normalized spacial score (nSPS) is 13.3. The molecule has 0 fully saturated rings. The van der Waals surface area contributed by atoms with E-state index >= 15 is 0 Å². The molecular weight excluding hydrogens is 268 g/mol. The van der Waals surface area contributed by atoms with Gasteiger partial charge in [-0.2, -0.15) is 0 Å². The summed E-state index contributed by atoms with van der Waals surface area (Å²) >= 11 is 0. The fourth-order valence-electron chi connectivity index (χ4n) is 2.06. The molecule has 2 aromatic heterocycles. The molecule has 2 rings (SSSR count). The first-order valence-electron chi connectivity index (χ1n) is 6.88. The molecule has 1 unspecified atom stereocenters. The predicted octanol–water partition coefficient (Wildman–Crippen LogP) is 1.88. The van der Waals surface area contributed by atoms with Gasteiger partial charge in [-0.25, -0.2) is 0 Å². The van der Waals surface area contributed by atoms with Crippen molar-refractivity contribution in [1.82, 2.24) is 10.3 Å². The molecular formula is C15H20N4O2. The Labute approximate surface area is 123 Å². The van der Waals surface area contributed by atoms with Crippen molar-refractivity contribution in [2.75, 3.05) is 0 Å². The second-order valence-corrected chi connectivity index (χ2v) is 4.90. The first-order chi connectivity index (χ1) is 10.2. The van der Waals surface area contributed by atoms with Crippen LogP contribution in [-0.2, 0) is 13.0 Å². The third kappa shape index (κ3) is 4.32. The van der Waals surface area contributed by atoms with Gasteiger partial charge in [-0.15, -0.1) is 0 Å². The molecule has 6 nitrogen and oxygen atoms in total. The van der Waals surface area contributed by atoms with Gasteiger partial charge in [-0.3, -0.25) is 4.98 Å². The van der Waals surface area contributed by atoms with E-state index in [0.717, 1.165) is 24.2 Å². The number of pyridine rings is 1. The van der Waals surface area contributed by atoms with Crippen LogP contribution in [0.5, 0.6) is 0 Å². The third-order valence-corrected chi connectivity index (χ3v) is 3.29. The van der Waals surface area contributed by atoms with Gasteiger partial charge in [-0.1, -0.05) is 11.2 Å². The second-order valence-electron chi connectivity index (χ2n) is 4.90. The van der Waals surface area contributed by atoms with Gasteiger partial charge in [0.25, 0.3) is 0 Å². The van der Waals surface area contributed by atoms with E-state index in [-0.39, 0.29) is 5.84 Å². The van der Waals surface area contributed by atoms with Crippen LogP contribution in [0.15, 0.2) is 46.3 Å². The molecule has 1 atom stereocenters. The Morgan fingerprint density at radius 1 is 1.48 bits per heavy atom. The molecule has 6 heteroatoms. The second kappa shape index (κ2) is 7.44. The molecule has 0 aliphatic carbocycles. The van der Waals surface area contributed by atoms with Crippen LogP contribution in [-0.4, -0.2) is 22.1 Å². The minimum atomic E-state index is 0.0237. The maximum absolute atomic E-state index is 8.77. The highest BCUT2D eigenvalue weighted by Gasteiger charge is 2.10. The largest absolute Gasteiger partial charge is 0.469 e. The lowest BCUT2D eigenvalue weighted by atomic mass is 10.1. The van der Waals surface area contributed by atoms with Crippen molar-refractivity contribution < 1.29 is 9.62 Å². The number of oxime groups is 1. The Bertz CT molecular complexity index is 581. The van der Waals surface area contributed by atoms with Crippen LogP contribution in [0, 0.1) is 0 Å². The van der Waals surface area contributed by atoms with Gasteiger partial charge in [0, 0.05) is 25.2 Å². The van der Waals surface area contributed by atoms with Crippen molar-refractivity contribution >= 4 is 5.84 Å². The Morgan fingerprint density at radius 3 is 3.05 bits per heavy atom. The molecule has 0 bridgehead atoms. The van der Waals surface area contributed by atoms with Crippen molar-refractivity contribution in [3.8, 4) is 0 Å². The van der Waals surface area contributed by atoms with E-state index in [1.165, 1.54) is 0 Å². The zero-order valence-electron chi connectivity index (χ0n) is 12.0. The summed E-state index contributed by atoms with van der Waals surface area (Å²) in [6.07, 6.45) is 5.16. The molecule has 0 aliphatic heterocycles. The summed E-state index contributed by atoms with van der Waals surface area (Å²) in [6, 6.07) is 7.93. The van der Waals surface area contributed by atoms with Crippen LogP contribution in [0.25, 0.3) is 0 Å². The van der Waals surface area contributed by atoms with Gasteiger partial charge in [0.05, 0.1) is 6.26 Å². The van der Waals surface area contributed by atoms with E-state index in [0.29, 0.717) is 18.3 Å². The van der Waals surface area contributed by atoms with Gasteiger partial charge in [-0.05, 0) is 37.1 Å². The Kier molecular flexibility index (Phi) is 5.34. The fourth-order valence-corrected chi connectivity index (χ4v) is 2.06. The summed E-state index contributed by atoms with van der Waals surface area (Å²) in [6.45, 7) is 2.72. The zero-order chi connectivity index (χ0) is 15.1. The first kappa shape index (κ1) is 15.1. The van der Waals surface area contributed by atoms with Gasteiger partial charge in [0.15, 0.2) is 5.84 Å². The summed E-state index contributed by atoms with van der Waals surface area (Å²) in [4.78, 5) is 4.14. The molecule has 0 spiro atoms. The van der Waals surface area contributed by atoms with Gasteiger partial charge in [0.1, 0.15) is 11.5 Å². The number of aryl methyl sites for hydroxylation is 1. The maximum atomic E-state index is 8.77. The smallest absolute Gasteiger partial charge is 0.189 e. The zero-order valence-corrected chi connectivity index (χ0v) is 12.0. The Balaban J connectivity index is 1.88. The highest BCUT2D eigenvalue weighted by atomic mass is 16.4.